The van der Waals surface area contributed by atoms with Gasteiger partial charge in [0.1, 0.15) is 11.8 Å². The molecule has 0 saturated heterocycles. The second-order valence-corrected chi connectivity index (χ2v) is 6.22. The van der Waals surface area contributed by atoms with Crippen LogP contribution in [0.5, 0.6) is 5.75 Å². The average molecular weight is 379 g/mol. The number of urea groups is 1. The normalized spacial score (nSPS) is 16.8. The monoisotopic (exact) mass is 378 g/mol. The number of esters is 1. The highest BCUT2D eigenvalue weighted by atomic mass is 35.5. The Labute approximate surface area is 153 Å². The van der Waals surface area contributed by atoms with Gasteiger partial charge < -0.3 is 10.1 Å². The van der Waals surface area contributed by atoms with E-state index in [2.05, 4.69) is 5.32 Å². The van der Waals surface area contributed by atoms with Crippen LogP contribution in [0.3, 0.4) is 0 Å². The van der Waals surface area contributed by atoms with Crippen molar-refractivity contribution in [1.29, 1.82) is 0 Å². The molecule has 25 heavy (non-hydrogen) atoms. The topological polar surface area (TPSA) is 75.7 Å². The molecule has 128 valence electrons. The van der Waals surface area contributed by atoms with Crippen molar-refractivity contribution < 1.29 is 19.1 Å². The lowest BCUT2D eigenvalue weighted by Gasteiger charge is -2.23. The van der Waals surface area contributed by atoms with E-state index in [-0.39, 0.29) is 16.3 Å². The Morgan fingerprint density at radius 1 is 1.08 bits per heavy atom. The Morgan fingerprint density at radius 2 is 1.72 bits per heavy atom. The van der Waals surface area contributed by atoms with Crippen LogP contribution in [0.25, 0.3) is 0 Å². The summed E-state index contributed by atoms with van der Waals surface area (Å²) in [6, 6.07) is 8.74. The van der Waals surface area contributed by atoms with Gasteiger partial charge >= 0.3 is 12.0 Å². The second kappa shape index (κ2) is 6.74. The van der Waals surface area contributed by atoms with Gasteiger partial charge in [0, 0.05) is 15.7 Å². The zero-order chi connectivity index (χ0) is 18.1. The van der Waals surface area contributed by atoms with Crippen molar-refractivity contribution in [2.75, 3.05) is 5.32 Å². The Morgan fingerprint density at radius 3 is 2.40 bits per heavy atom. The van der Waals surface area contributed by atoms with Gasteiger partial charge in [0.15, 0.2) is 0 Å². The van der Waals surface area contributed by atoms with Crippen molar-refractivity contribution in [3.63, 3.8) is 0 Å². The number of carbonyl (C=O) groups is 3. The van der Waals surface area contributed by atoms with E-state index in [1.807, 2.05) is 0 Å². The highest BCUT2D eigenvalue weighted by Crippen LogP contribution is 2.29. The summed E-state index contributed by atoms with van der Waals surface area (Å²) in [4.78, 5) is 38.3. The average Bonchev–Trinajstić information content (AvgIpc) is 2.66. The fraction of sp³-hybridized carbons (Fsp3) is 0.118. The van der Waals surface area contributed by atoms with E-state index in [4.69, 9.17) is 27.9 Å². The number of imide groups is 1. The van der Waals surface area contributed by atoms with Gasteiger partial charge in [-0.2, -0.15) is 0 Å². The third-order valence-electron chi connectivity index (χ3n) is 3.64. The first-order valence-electron chi connectivity index (χ1n) is 7.28. The maximum absolute atomic E-state index is 12.8. The molecule has 0 spiro atoms. The number of fused-ring (bicyclic) bond motifs is 1. The summed E-state index contributed by atoms with van der Waals surface area (Å²) in [6.07, 6.45) is 0. The van der Waals surface area contributed by atoms with Crippen molar-refractivity contribution in [3.05, 3.63) is 58.1 Å². The highest BCUT2D eigenvalue weighted by molar-refractivity contribution is 6.31. The zero-order valence-corrected chi connectivity index (χ0v) is 14.5. The third kappa shape index (κ3) is 3.45. The lowest BCUT2D eigenvalue weighted by molar-refractivity contribution is -0.137. The minimum atomic E-state index is -1.11. The quantitative estimate of drug-likeness (QED) is 0.601. The number of rotatable bonds is 1. The van der Waals surface area contributed by atoms with E-state index in [1.165, 1.54) is 25.1 Å². The molecule has 0 bridgehead atoms. The first-order chi connectivity index (χ1) is 11.9. The summed E-state index contributed by atoms with van der Waals surface area (Å²) in [5, 5.41) is 3.35. The largest absolute Gasteiger partial charge is 0.424 e. The van der Waals surface area contributed by atoms with Gasteiger partial charge in [-0.3, -0.25) is 4.79 Å². The summed E-state index contributed by atoms with van der Waals surface area (Å²) < 4.78 is 5.18. The van der Waals surface area contributed by atoms with Crippen molar-refractivity contribution in [1.82, 2.24) is 4.90 Å². The number of benzene rings is 2. The van der Waals surface area contributed by atoms with Gasteiger partial charge in [-0.1, -0.05) is 23.2 Å². The minimum Gasteiger partial charge on any atom is -0.424 e. The summed E-state index contributed by atoms with van der Waals surface area (Å²) in [5.74, 6) is -1.34. The minimum absolute atomic E-state index is 0.0384. The predicted octanol–water partition coefficient (Wildman–Crippen LogP) is 3.98. The number of nitrogens with zero attached hydrogens (tertiary/aromatic N) is 1. The Bertz CT molecular complexity index is 867. The first kappa shape index (κ1) is 17.3. The van der Waals surface area contributed by atoms with E-state index >= 15 is 0 Å². The molecule has 0 radical (unpaired) electrons. The summed E-state index contributed by atoms with van der Waals surface area (Å²) in [7, 11) is 0. The second-order valence-electron chi connectivity index (χ2n) is 5.35. The van der Waals surface area contributed by atoms with Crippen LogP contribution in [-0.2, 0) is 4.79 Å². The molecule has 0 aromatic heterocycles. The number of halogens is 2. The van der Waals surface area contributed by atoms with Gasteiger partial charge in [0.25, 0.3) is 5.91 Å². The van der Waals surface area contributed by atoms with Crippen molar-refractivity contribution in [3.8, 4) is 5.75 Å². The third-order valence-corrected chi connectivity index (χ3v) is 4.13. The van der Waals surface area contributed by atoms with Gasteiger partial charge in [-0.15, -0.1) is 0 Å². The maximum Gasteiger partial charge on any atom is 0.334 e. The van der Waals surface area contributed by atoms with Gasteiger partial charge in [-0.05, 0) is 49.4 Å². The standard InChI is InChI=1S/C17H12Cl2N2O4/c1-9-16(23)25-14-7-4-11(19)8-13(14)15(22)21(9)17(24)20-12-5-2-10(18)3-6-12/h2-9H,1H3,(H,20,24)/t9-/m0/s1. The number of carbonyl (C=O) groups excluding carboxylic acids is 3. The molecule has 8 heteroatoms. The van der Waals surface area contributed by atoms with E-state index < -0.39 is 23.9 Å². The Kier molecular flexibility index (Phi) is 4.65. The summed E-state index contributed by atoms with van der Waals surface area (Å²) in [6.45, 7) is 1.41. The van der Waals surface area contributed by atoms with Gasteiger partial charge in [0.05, 0.1) is 5.56 Å². The smallest absolute Gasteiger partial charge is 0.334 e. The molecule has 0 unspecified atom stereocenters. The van der Waals surface area contributed by atoms with E-state index in [9.17, 15) is 14.4 Å². The highest BCUT2D eigenvalue weighted by Gasteiger charge is 2.38. The molecule has 1 N–H and O–H groups in total. The SMILES string of the molecule is C[C@H]1C(=O)Oc2ccc(Cl)cc2C(=O)N1C(=O)Nc1ccc(Cl)cc1. The molecular formula is C17H12Cl2N2O4. The van der Waals surface area contributed by atoms with Crippen LogP contribution < -0.4 is 10.1 Å². The van der Waals surface area contributed by atoms with Gasteiger partial charge in [0.2, 0.25) is 0 Å². The summed E-state index contributed by atoms with van der Waals surface area (Å²) in [5.41, 5.74) is 0.467. The molecule has 3 rings (SSSR count). The van der Waals surface area contributed by atoms with Crippen molar-refractivity contribution in [2.45, 2.75) is 13.0 Å². The number of hydrogen-bond acceptors (Lipinski definition) is 4. The van der Waals surface area contributed by atoms with Crippen molar-refractivity contribution >= 4 is 46.8 Å². The molecule has 1 aliphatic heterocycles. The molecule has 1 atom stereocenters. The molecule has 0 saturated carbocycles. The maximum atomic E-state index is 12.8. The van der Waals surface area contributed by atoms with E-state index in [0.29, 0.717) is 10.7 Å². The van der Waals surface area contributed by atoms with E-state index in [1.54, 1.807) is 24.3 Å². The van der Waals surface area contributed by atoms with Crippen LogP contribution in [0.15, 0.2) is 42.5 Å². The predicted molar refractivity (Wildman–Crippen MR) is 93.2 cm³/mol. The van der Waals surface area contributed by atoms with Crippen LogP contribution >= 0.6 is 23.2 Å². The van der Waals surface area contributed by atoms with Crippen molar-refractivity contribution in [2.24, 2.45) is 0 Å². The molecule has 2 aromatic rings. The number of ether oxygens (including phenoxy) is 1. The molecule has 0 aliphatic carbocycles. The van der Waals surface area contributed by atoms with Gasteiger partial charge in [-0.25, -0.2) is 14.5 Å². The number of amides is 3. The molecular weight excluding hydrogens is 367 g/mol. The Balaban J connectivity index is 1.95. The van der Waals surface area contributed by atoms with Crippen LogP contribution in [0.2, 0.25) is 10.0 Å². The number of anilines is 1. The fourth-order valence-electron chi connectivity index (χ4n) is 2.35. The number of hydrogen-bond donors (Lipinski definition) is 1. The van der Waals surface area contributed by atoms with Crippen LogP contribution in [0.4, 0.5) is 10.5 Å². The lowest BCUT2D eigenvalue weighted by atomic mass is 10.1. The zero-order valence-electron chi connectivity index (χ0n) is 13.0. The molecule has 0 fully saturated rings. The summed E-state index contributed by atoms with van der Waals surface area (Å²) >= 11 is 11.7. The van der Waals surface area contributed by atoms with Crippen LogP contribution in [0, 0.1) is 0 Å². The fourth-order valence-corrected chi connectivity index (χ4v) is 2.65. The molecule has 2 aromatic carbocycles. The molecule has 1 aliphatic rings. The van der Waals surface area contributed by atoms with Crippen LogP contribution in [0.1, 0.15) is 17.3 Å². The molecule has 1 heterocycles. The number of nitrogens with one attached hydrogen (secondary N) is 1. The molecule has 6 nitrogen and oxygen atoms in total. The Hall–Kier alpha value is -2.57. The van der Waals surface area contributed by atoms with Crippen LogP contribution in [-0.4, -0.2) is 28.8 Å². The van der Waals surface area contributed by atoms with E-state index in [0.717, 1.165) is 4.90 Å². The molecule has 3 amide bonds. The first-order valence-corrected chi connectivity index (χ1v) is 8.04. The lowest BCUT2D eigenvalue weighted by Crippen LogP contribution is -2.48.